The molecule has 0 saturated carbocycles. The average molecular weight is 242 g/mol. The Labute approximate surface area is 99.7 Å². The van der Waals surface area contributed by atoms with Crippen LogP contribution in [-0.4, -0.2) is 31.2 Å². The van der Waals surface area contributed by atoms with Crippen molar-refractivity contribution in [2.75, 3.05) is 20.3 Å². The van der Waals surface area contributed by atoms with Gasteiger partial charge in [-0.3, -0.25) is 0 Å². The molecular formula is C10H18N4OS. The first-order valence-electron chi connectivity index (χ1n) is 5.09. The molecule has 3 N–H and O–H groups in total. The number of aromatic nitrogens is 1. The van der Waals surface area contributed by atoms with E-state index in [0.717, 1.165) is 15.6 Å². The number of thiazole rings is 1. The predicted octanol–water partition coefficient (Wildman–Crippen LogP) is 0.811. The highest BCUT2D eigenvalue weighted by Crippen LogP contribution is 2.17. The summed E-state index contributed by atoms with van der Waals surface area (Å²) in [5, 5.41) is 4.03. The summed E-state index contributed by atoms with van der Waals surface area (Å²) in [5.74, 6) is 0.447. The van der Waals surface area contributed by atoms with Gasteiger partial charge in [0, 0.05) is 18.5 Å². The first-order chi connectivity index (χ1) is 7.63. The smallest absolute Gasteiger partial charge is 0.189 e. The van der Waals surface area contributed by atoms with Crippen molar-refractivity contribution in [1.29, 1.82) is 0 Å². The van der Waals surface area contributed by atoms with Crippen LogP contribution >= 0.6 is 11.3 Å². The molecule has 0 atom stereocenters. The van der Waals surface area contributed by atoms with E-state index in [-0.39, 0.29) is 0 Å². The van der Waals surface area contributed by atoms with Crippen LogP contribution < -0.4 is 11.1 Å². The first-order valence-corrected chi connectivity index (χ1v) is 5.90. The average Bonchev–Trinajstić information content (AvgIpc) is 2.55. The third-order valence-corrected chi connectivity index (χ3v) is 3.06. The highest BCUT2D eigenvalue weighted by Gasteiger charge is 2.03. The molecule has 0 saturated heterocycles. The molecule has 6 heteroatoms. The molecule has 1 aromatic heterocycles. The summed E-state index contributed by atoms with van der Waals surface area (Å²) >= 11 is 1.66. The van der Waals surface area contributed by atoms with Gasteiger partial charge in [0.25, 0.3) is 0 Å². The second kappa shape index (κ2) is 6.44. The molecule has 0 radical (unpaired) electrons. The van der Waals surface area contributed by atoms with Crippen molar-refractivity contribution in [3.05, 3.63) is 15.6 Å². The largest absolute Gasteiger partial charge is 0.383 e. The molecule has 0 amide bonds. The third-order valence-electron chi connectivity index (χ3n) is 2.00. The summed E-state index contributed by atoms with van der Waals surface area (Å²) in [4.78, 5) is 9.73. The zero-order chi connectivity index (χ0) is 12.0. The van der Waals surface area contributed by atoms with Crippen LogP contribution in [-0.2, 0) is 11.3 Å². The molecule has 5 nitrogen and oxygen atoms in total. The van der Waals surface area contributed by atoms with Crippen molar-refractivity contribution in [3.8, 4) is 0 Å². The molecule has 0 aliphatic rings. The van der Waals surface area contributed by atoms with Crippen molar-refractivity contribution in [2.24, 2.45) is 10.7 Å². The van der Waals surface area contributed by atoms with Crippen molar-refractivity contribution in [3.63, 3.8) is 0 Å². The van der Waals surface area contributed by atoms with Crippen LogP contribution in [0.4, 0.5) is 0 Å². The normalized spacial score (nSPS) is 11.8. The molecule has 0 aliphatic heterocycles. The molecule has 0 bridgehead atoms. The highest BCUT2D eigenvalue weighted by atomic mass is 32.1. The van der Waals surface area contributed by atoms with Gasteiger partial charge in [-0.2, -0.15) is 0 Å². The lowest BCUT2D eigenvalue weighted by Gasteiger charge is -2.03. The summed E-state index contributed by atoms with van der Waals surface area (Å²) in [5.41, 5.74) is 6.72. The number of rotatable bonds is 5. The maximum atomic E-state index is 5.69. The van der Waals surface area contributed by atoms with E-state index in [0.29, 0.717) is 25.7 Å². The Bertz CT molecular complexity index is 362. The number of nitrogens with zero attached hydrogens (tertiary/aromatic N) is 2. The first kappa shape index (κ1) is 12.9. The predicted molar refractivity (Wildman–Crippen MR) is 66.8 cm³/mol. The summed E-state index contributed by atoms with van der Waals surface area (Å²) in [6.07, 6.45) is 0. The Hall–Kier alpha value is -1.14. The fourth-order valence-electron chi connectivity index (χ4n) is 1.21. The topological polar surface area (TPSA) is 72.5 Å². The Morgan fingerprint density at radius 2 is 2.31 bits per heavy atom. The number of aryl methyl sites for hydroxylation is 2. The Morgan fingerprint density at radius 3 is 2.88 bits per heavy atom. The fraction of sp³-hybridized carbons (Fsp3) is 0.600. The van der Waals surface area contributed by atoms with E-state index in [4.69, 9.17) is 10.5 Å². The molecule has 1 rings (SSSR count). The van der Waals surface area contributed by atoms with Gasteiger partial charge in [-0.1, -0.05) is 0 Å². The Kier molecular flexibility index (Phi) is 5.21. The third kappa shape index (κ3) is 4.16. The number of aliphatic imine (C=N–C) groups is 1. The zero-order valence-corrected chi connectivity index (χ0v) is 10.7. The van der Waals surface area contributed by atoms with Gasteiger partial charge in [0.15, 0.2) is 5.96 Å². The van der Waals surface area contributed by atoms with E-state index >= 15 is 0 Å². The minimum Gasteiger partial charge on any atom is -0.383 e. The van der Waals surface area contributed by atoms with E-state index < -0.39 is 0 Å². The van der Waals surface area contributed by atoms with Crippen LogP contribution in [0, 0.1) is 13.8 Å². The quantitative estimate of drug-likeness (QED) is 0.455. The van der Waals surface area contributed by atoms with E-state index in [1.807, 2.05) is 13.8 Å². The number of nitrogens with one attached hydrogen (secondary N) is 1. The summed E-state index contributed by atoms with van der Waals surface area (Å²) in [7, 11) is 1.65. The molecule has 0 aromatic carbocycles. The van der Waals surface area contributed by atoms with Crippen molar-refractivity contribution < 1.29 is 4.74 Å². The highest BCUT2D eigenvalue weighted by molar-refractivity contribution is 7.11. The Balaban J connectivity index is 2.43. The molecule has 90 valence electrons. The van der Waals surface area contributed by atoms with Crippen LogP contribution in [0.25, 0.3) is 0 Å². The van der Waals surface area contributed by atoms with Crippen LogP contribution in [0.1, 0.15) is 15.6 Å². The number of hydrogen-bond acceptors (Lipinski definition) is 4. The SMILES string of the molecule is COCCNC(N)=NCc1sc(C)nc1C. The zero-order valence-electron chi connectivity index (χ0n) is 9.91. The van der Waals surface area contributed by atoms with Crippen molar-refractivity contribution in [1.82, 2.24) is 10.3 Å². The molecule has 0 fully saturated rings. The summed E-state index contributed by atoms with van der Waals surface area (Å²) in [6, 6.07) is 0. The van der Waals surface area contributed by atoms with E-state index in [9.17, 15) is 0 Å². The van der Waals surface area contributed by atoms with Crippen molar-refractivity contribution >= 4 is 17.3 Å². The molecule has 0 aliphatic carbocycles. The van der Waals surface area contributed by atoms with Gasteiger partial charge in [-0.25, -0.2) is 9.98 Å². The van der Waals surface area contributed by atoms with E-state index in [1.165, 1.54) is 0 Å². The van der Waals surface area contributed by atoms with Gasteiger partial charge in [0.2, 0.25) is 0 Å². The molecular weight excluding hydrogens is 224 g/mol. The molecule has 1 aromatic rings. The standard InChI is InChI=1S/C10H18N4OS/c1-7-9(16-8(2)14-7)6-13-10(11)12-4-5-15-3/h4-6H2,1-3H3,(H3,11,12,13). The monoisotopic (exact) mass is 242 g/mol. The summed E-state index contributed by atoms with van der Waals surface area (Å²) < 4.78 is 4.90. The lowest BCUT2D eigenvalue weighted by atomic mass is 10.4. The van der Waals surface area contributed by atoms with E-state index in [2.05, 4.69) is 15.3 Å². The van der Waals surface area contributed by atoms with Crippen LogP contribution in [0.15, 0.2) is 4.99 Å². The lowest BCUT2D eigenvalue weighted by Crippen LogP contribution is -2.34. The van der Waals surface area contributed by atoms with Crippen LogP contribution in [0.3, 0.4) is 0 Å². The van der Waals surface area contributed by atoms with Gasteiger partial charge in [-0.15, -0.1) is 11.3 Å². The number of methoxy groups -OCH3 is 1. The van der Waals surface area contributed by atoms with Gasteiger partial charge in [0.05, 0.1) is 23.9 Å². The van der Waals surface area contributed by atoms with Gasteiger partial charge in [-0.05, 0) is 13.8 Å². The lowest BCUT2D eigenvalue weighted by molar-refractivity contribution is 0.204. The summed E-state index contributed by atoms with van der Waals surface area (Å²) in [6.45, 7) is 5.86. The number of ether oxygens (including phenoxy) is 1. The van der Waals surface area contributed by atoms with Gasteiger partial charge in [0.1, 0.15) is 0 Å². The van der Waals surface area contributed by atoms with Crippen LogP contribution in [0.2, 0.25) is 0 Å². The van der Waals surface area contributed by atoms with E-state index in [1.54, 1.807) is 18.4 Å². The number of hydrogen-bond donors (Lipinski definition) is 2. The minimum absolute atomic E-state index is 0.447. The number of guanidine groups is 1. The number of nitrogens with two attached hydrogens (primary N) is 1. The van der Waals surface area contributed by atoms with Crippen LogP contribution in [0.5, 0.6) is 0 Å². The maximum absolute atomic E-state index is 5.69. The van der Waals surface area contributed by atoms with Gasteiger partial charge < -0.3 is 15.8 Å². The maximum Gasteiger partial charge on any atom is 0.189 e. The Morgan fingerprint density at radius 1 is 1.56 bits per heavy atom. The molecule has 0 spiro atoms. The molecule has 1 heterocycles. The molecule has 16 heavy (non-hydrogen) atoms. The fourth-order valence-corrected chi connectivity index (χ4v) is 2.08. The molecule has 0 unspecified atom stereocenters. The van der Waals surface area contributed by atoms with Gasteiger partial charge >= 0.3 is 0 Å². The second-order valence-corrected chi connectivity index (χ2v) is 4.65. The minimum atomic E-state index is 0.447. The van der Waals surface area contributed by atoms with Crippen molar-refractivity contribution in [2.45, 2.75) is 20.4 Å². The second-order valence-electron chi connectivity index (χ2n) is 3.36.